The highest BCUT2D eigenvalue weighted by molar-refractivity contribution is 5.92. The zero-order valence-electron chi connectivity index (χ0n) is 24.5. The predicted octanol–water partition coefficient (Wildman–Crippen LogP) is 7.27. The van der Waals surface area contributed by atoms with Gasteiger partial charge in [0.2, 0.25) is 5.88 Å². The van der Waals surface area contributed by atoms with Gasteiger partial charge >= 0.3 is 12.6 Å². The Morgan fingerprint density at radius 3 is 2.47 bits per heavy atom. The van der Waals surface area contributed by atoms with Crippen LogP contribution in [0.2, 0.25) is 0 Å². The summed E-state index contributed by atoms with van der Waals surface area (Å²) < 4.78 is 82.8. The highest BCUT2D eigenvalue weighted by Crippen LogP contribution is 2.48. The lowest BCUT2D eigenvalue weighted by molar-refractivity contribution is -0.142. The minimum atomic E-state index is -2.95. The standard InChI is InChI=1S/C34H25F5N4O4/c35-24-10-19(15-40)4-5-21(24)16-46-31-3-1-2-27(42-31)23-14-25(36)22(11-26(23)37)13-30-41-28-7-6-20(32(44)45)12-29(28)43(30)17-34(8-9-34)18-47-33(38)39/h1-7,10-12,14,33H,8-9,13,16-18H2,(H,44,45). The number of pyridine rings is 1. The number of aromatic carboxylic acids is 1. The van der Waals surface area contributed by atoms with Gasteiger partial charge in [0.15, 0.2) is 0 Å². The zero-order chi connectivity index (χ0) is 33.3. The monoisotopic (exact) mass is 648 g/mol. The van der Waals surface area contributed by atoms with Crippen LogP contribution in [0.5, 0.6) is 5.88 Å². The Morgan fingerprint density at radius 2 is 1.77 bits per heavy atom. The third-order valence-electron chi connectivity index (χ3n) is 8.08. The summed E-state index contributed by atoms with van der Waals surface area (Å²) in [5, 5.41) is 18.4. The molecule has 0 bridgehead atoms. The number of carboxylic acids is 1. The van der Waals surface area contributed by atoms with E-state index < -0.39 is 35.4 Å². The van der Waals surface area contributed by atoms with E-state index in [2.05, 4.69) is 14.7 Å². The molecule has 6 rings (SSSR count). The molecule has 1 saturated carbocycles. The van der Waals surface area contributed by atoms with Crippen LogP contribution in [-0.2, 0) is 24.3 Å². The number of nitrogens with zero attached hydrogens (tertiary/aromatic N) is 4. The van der Waals surface area contributed by atoms with Gasteiger partial charge in [-0.2, -0.15) is 14.0 Å². The number of aromatic nitrogens is 3. The molecule has 1 fully saturated rings. The van der Waals surface area contributed by atoms with Gasteiger partial charge in [-0.3, -0.25) is 0 Å². The number of halogens is 5. The van der Waals surface area contributed by atoms with Crippen LogP contribution >= 0.6 is 0 Å². The number of ether oxygens (including phenoxy) is 2. The van der Waals surface area contributed by atoms with Crippen LogP contribution in [0.4, 0.5) is 22.0 Å². The maximum atomic E-state index is 15.6. The van der Waals surface area contributed by atoms with Crippen molar-refractivity contribution in [3.63, 3.8) is 0 Å². The van der Waals surface area contributed by atoms with E-state index in [1.165, 1.54) is 48.5 Å². The number of hydrogen-bond acceptors (Lipinski definition) is 6. The van der Waals surface area contributed by atoms with E-state index >= 15 is 8.78 Å². The molecule has 3 aromatic carbocycles. The molecule has 0 unspecified atom stereocenters. The molecule has 1 aliphatic rings. The highest BCUT2D eigenvalue weighted by Gasteiger charge is 2.44. The van der Waals surface area contributed by atoms with E-state index in [9.17, 15) is 23.1 Å². The van der Waals surface area contributed by atoms with Crippen LogP contribution in [0, 0.1) is 34.2 Å². The SMILES string of the molecule is N#Cc1ccc(COc2cccc(-c3cc(F)c(Cc4nc5ccc(C(=O)O)cc5n4CC4(COC(F)F)CC4)cc3F)n2)c(F)c1. The normalized spacial score (nSPS) is 13.6. The Hall–Kier alpha value is -5.35. The smallest absolute Gasteiger partial charge is 0.345 e. The van der Waals surface area contributed by atoms with Crippen molar-refractivity contribution in [1.29, 1.82) is 5.26 Å². The second-order valence-electron chi connectivity index (χ2n) is 11.4. The summed E-state index contributed by atoms with van der Waals surface area (Å²) >= 11 is 0. The maximum absolute atomic E-state index is 15.6. The number of hydrogen-bond donors (Lipinski definition) is 1. The molecule has 0 radical (unpaired) electrons. The summed E-state index contributed by atoms with van der Waals surface area (Å²) in [6, 6.07) is 16.5. The van der Waals surface area contributed by atoms with Crippen LogP contribution in [0.3, 0.4) is 0 Å². The van der Waals surface area contributed by atoms with Gasteiger partial charge < -0.3 is 19.1 Å². The third kappa shape index (κ3) is 6.92. The van der Waals surface area contributed by atoms with Gasteiger partial charge in [-0.05, 0) is 66.9 Å². The first kappa shape index (κ1) is 31.6. The van der Waals surface area contributed by atoms with E-state index in [1.54, 1.807) is 4.57 Å². The Labute approximate surface area is 264 Å². The molecule has 0 atom stereocenters. The summed E-state index contributed by atoms with van der Waals surface area (Å²) in [5.74, 6) is -3.02. The molecule has 1 N–H and O–H groups in total. The fourth-order valence-electron chi connectivity index (χ4n) is 5.34. The minimum absolute atomic E-state index is 0.0128. The van der Waals surface area contributed by atoms with Crippen LogP contribution in [-0.4, -0.2) is 38.8 Å². The molecule has 5 aromatic rings. The first-order valence-corrected chi connectivity index (χ1v) is 14.4. The first-order chi connectivity index (χ1) is 22.5. The average molecular weight is 649 g/mol. The second-order valence-corrected chi connectivity index (χ2v) is 11.4. The minimum Gasteiger partial charge on any atom is -0.478 e. The number of fused-ring (bicyclic) bond motifs is 1. The molecule has 0 spiro atoms. The molecule has 1 aliphatic carbocycles. The number of carbonyl (C=O) groups is 1. The summed E-state index contributed by atoms with van der Waals surface area (Å²) in [7, 11) is 0. The Bertz CT molecular complexity index is 2040. The van der Waals surface area contributed by atoms with E-state index in [0.717, 1.165) is 18.2 Å². The van der Waals surface area contributed by atoms with E-state index in [0.29, 0.717) is 29.7 Å². The first-order valence-electron chi connectivity index (χ1n) is 14.4. The van der Waals surface area contributed by atoms with Gasteiger partial charge in [-0.1, -0.05) is 12.1 Å². The number of nitriles is 1. The average Bonchev–Trinajstić information content (AvgIpc) is 3.75. The number of alkyl halides is 2. The lowest BCUT2D eigenvalue weighted by Crippen LogP contribution is -2.21. The van der Waals surface area contributed by atoms with Gasteiger partial charge in [-0.25, -0.2) is 27.9 Å². The fourth-order valence-corrected chi connectivity index (χ4v) is 5.34. The molecule has 0 aliphatic heterocycles. The summed E-state index contributed by atoms with van der Waals surface area (Å²) in [6.45, 7) is -3.22. The van der Waals surface area contributed by atoms with Crippen molar-refractivity contribution in [2.45, 2.75) is 39.0 Å². The molecule has 2 heterocycles. The Balaban J connectivity index is 1.27. The van der Waals surface area contributed by atoms with Crippen molar-refractivity contribution in [2.75, 3.05) is 6.61 Å². The fraction of sp³-hybridized carbons (Fsp3) is 0.235. The quantitative estimate of drug-likeness (QED) is 0.142. The summed E-state index contributed by atoms with van der Waals surface area (Å²) in [4.78, 5) is 20.5. The molecule has 13 heteroatoms. The molecule has 0 amide bonds. The van der Waals surface area contributed by atoms with E-state index in [-0.39, 0.29) is 65.6 Å². The molecule has 2 aromatic heterocycles. The molecule has 47 heavy (non-hydrogen) atoms. The number of imidazole rings is 1. The van der Waals surface area contributed by atoms with Crippen molar-refractivity contribution in [3.05, 3.63) is 112 Å². The van der Waals surface area contributed by atoms with Gasteiger partial charge in [0.25, 0.3) is 0 Å². The topological polar surface area (TPSA) is 110 Å². The van der Waals surface area contributed by atoms with Gasteiger partial charge in [0.05, 0.1) is 40.5 Å². The second kappa shape index (κ2) is 12.8. The Kier molecular flexibility index (Phi) is 8.62. The van der Waals surface area contributed by atoms with Crippen molar-refractivity contribution in [3.8, 4) is 23.2 Å². The maximum Gasteiger partial charge on any atom is 0.345 e. The summed E-state index contributed by atoms with van der Waals surface area (Å²) in [5.41, 5.74) is 0.393. The van der Waals surface area contributed by atoms with Crippen LogP contribution < -0.4 is 4.74 Å². The number of benzene rings is 3. The highest BCUT2D eigenvalue weighted by atomic mass is 19.3. The Morgan fingerprint density at radius 1 is 0.979 bits per heavy atom. The summed E-state index contributed by atoms with van der Waals surface area (Å²) in [6.07, 6.45) is 0.999. The van der Waals surface area contributed by atoms with Crippen LogP contribution in [0.15, 0.2) is 66.7 Å². The lowest BCUT2D eigenvalue weighted by atomic mass is 10.0. The molecule has 240 valence electrons. The van der Waals surface area contributed by atoms with Crippen molar-refractivity contribution < 1.29 is 41.3 Å². The predicted molar refractivity (Wildman–Crippen MR) is 158 cm³/mol. The molecular formula is C34H25F5N4O4. The van der Waals surface area contributed by atoms with E-state index in [1.807, 2.05) is 6.07 Å². The van der Waals surface area contributed by atoms with Crippen molar-refractivity contribution in [1.82, 2.24) is 14.5 Å². The largest absolute Gasteiger partial charge is 0.478 e. The third-order valence-corrected chi connectivity index (χ3v) is 8.08. The van der Waals surface area contributed by atoms with Crippen LogP contribution in [0.1, 0.15) is 45.7 Å². The molecular weight excluding hydrogens is 623 g/mol. The van der Waals surface area contributed by atoms with Crippen molar-refractivity contribution >= 4 is 17.0 Å². The number of carboxylic acid groups (broad SMARTS) is 1. The van der Waals surface area contributed by atoms with E-state index in [4.69, 9.17) is 10.00 Å². The molecule has 0 saturated heterocycles. The van der Waals surface area contributed by atoms with Crippen LogP contribution in [0.25, 0.3) is 22.3 Å². The van der Waals surface area contributed by atoms with Gasteiger partial charge in [-0.15, -0.1) is 0 Å². The van der Waals surface area contributed by atoms with Gasteiger partial charge in [0.1, 0.15) is 29.9 Å². The van der Waals surface area contributed by atoms with Crippen molar-refractivity contribution in [2.24, 2.45) is 5.41 Å². The number of rotatable bonds is 12. The lowest BCUT2D eigenvalue weighted by Gasteiger charge is -2.19. The molecule has 8 nitrogen and oxygen atoms in total. The zero-order valence-corrected chi connectivity index (χ0v) is 24.5. The van der Waals surface area contributed by atoms with Gasteiger partial charge in [0, 0.05) is 35.6 Å².